The number of methoxy groups -OCH3 is 1. The summed E-state index contributed by atoms with van der Waals surface area (Å²) in [7, 11) is 1.50. The summed E-state index contributed by atoms with van der Waals surface area (Å²) in [6.45, 7) is 8.21. The van der Waals surface area contributed by atoms with Crippen molar-refractivity contribution in [2.24, 2.45) is 0 Å². The van der Waals surface area contributed by atoms with Gasteiger partial charge in [-0.15, -0.1) is 0 Å². The van der Waals surface area contributed by atoms with Gasteiger partial charge in [-0.05, 0) is 63.6 Å². The zero-order chi connectivity index (χ0) is 21.4. The number of hydrogen-bond acceptors (Lipinski definition) is 5. The molecule has 0 aromatic heterocycles. The summed E-state index contributed by atoms with van der Waals surface area (Å²) in [6.07, 6.45) is 0.115. The smallest absolute Gasteiger partial charge is 0.269 e. The molecule has 2 aromatic rings. The minimum absolute atomic E-state index is 0.0220. The average Bonchev–Trinajstić information content (AvgIpc) is 2.70. The van der Waals surface area contributed by atoms with Crippen molar-refractivity contribution in [2.75, 3.05) is 7.11 Å². The highest BCUT2D eigenvalue weighted by Gasteiger charge is 2.13. The normalized spacial score (nSPS) is 10.7. The first-order chi connectivity index (χ1) is 13.8. The molecule has 2 aromatic carbocycles. The Morgan fingerprint density at radius 2 is 1.41 bits per heavy atom. The maximum absolute atomic E-state index is 12.3. The van der Waals surface area contributed by atoms with Crippen molar-refractivity contribution in [1.82, 2.24) is 10.9 Å². The molecule has 0 saturated heterocycles. The highest BCUT2D eigenvalue weighted by molar-refractivity contribution is 5.99. The Balaban J connectivity index is 1.95. The summed E-state index contributed by atoms with van der Waals surface area (Å²) >= 11 is 0. The minimum Gasteiger partial charge on any atom is -0.493 e. The molecule has 29 heavy (non-hydrogen) atoms. The van der Waals surface area contributed by atoms with Gasteiger partial charge in [-0.25, -0.2) is 0 Å². The third-order valence-electron chi connectivity index (χ3n) is 3.88. The summed E-state index contributed by atoms with van der Waals surface area (Å²) in [5, 5.41) is 0. The molecule has 156 valence electrons. The number of rotatable bonds is 8. The van der Waals surface area contributed by atoms with E-state index >= 15 is 0 Å². The first-order valence-electron chi connectivity index (χ1n) is 9.46. The van der Waals surface area contributed by atoms with Gasteiger partial charge in [0.1, 0.15) is 0 Å². The molecule has 0 unspecified atom stereocenters. The molecule has 0 bridgehead atoms. The summed E-state index contributed by atoms with van der Waals surface area (Å²) < 4.78 is 16.4. The molecule has 0 aliphatic heterocycles. The summed E-state index contributed by atoms with van der Waals surface area (Å²) in [4.78, 5) is 24.6. The number of hydrazine groups is 1. The molecule has 0 spiro atoms. The van der Waals surface area contributed by atoms with Gasteiger partial charge in [-0.3, -0.25) is 20.4 Å². The Morgan fingerprint density at radius 1 is 0.828 bits per heavy atom. The van der Waals surface area contributed by atoms with E-state index in [2.05, 4.69) is 10.9 Å². The van der Waals surface area contributed by atoms with Crippen LogP contribution in [0.2, 0.25) is 0 Å². The summed E-state index contributed by atoms with van der Waals surface area (Å²) in [5.74, 6) is 0.109. The van der Waals surface area contributed by atoms with Crippen LogP contribution in [0.3, 0.4) is 0 Å². The Kier molecular flexibility index (Phi) is 8.03. The molecule has 0 fully saturated rings. The first kappa shape index (κ1) is 22.2. The van der Waals surface area contributed by atoms with Crippen LogP contribution in [-0.2, 0) is 11.3 Å². The van der Waals surface area contributed by atoms with Crippen LogP contribution in [0.15, 0.2) is 42.5 Å². The molecule has 0 radical (unpaired) electrons. The van der Waals surface area contributed by atoms with E-state index in [1.165, 1.54) is 7.11 Å². The van der Waals surface area contributed by atoms with E-state index in [0.29, 0.717) is 29.2 Å². The maximum Gasteiger partial charge on any atom is 0.269 e. The molecular formula is C22H28N2O5. The number of carbonyl (C=O) groups is 2. The number of carbonyl (C=O) groups excluding carboxylic acids is 2. The monoisotopic (exact) mass is 400 g/mol. The van der Waals surface area contributed by atoms with Crippen molar-refractivity contribution in [3.8, 4) is 11.5 Å². The highest BCUT2D eigenvalue weighted by atomic mass is 16.5. The molecule has 0 atom stereocenters. The molecule has 2 N–H and O–H groups in total. The predicted octanol–water partition coefficient (Wildman–Crippen LogP) is 3.48. The van der Waals surface area contributed by atoms with Gasteiger partial charge in [-0.1, -0.05) is 12.1 Å². The number of benzene rings is 2. The van der Waals surface area contributed by atoms with Gasteiger partial charge in [0.25, 0.3) is 11.8 Å². The fourth-order valence-electron chi connectivity index (χ4n) is 2.43. The minimum atomic E-state index is -0.463. The molecule has 2 amide bonds. The van der Waals surface area contributed by atoms with Crippen molar-refractivity contribution in [3.63, 3.8) is 0 Å². The van der Waals surface area contributed by atoms with E-state index in [9.17, 15) is 9.59 Å². The van der Waals surface area contributed by atoms with E-state index in [-0.39, 0.29) is 12.2 Å². The third-order valence-corrected chi connectivity index (χ3v) is 3.88. The molecule has 7 nitrogen and oxygen atoms in total. The number of hydrogen-bond donors (Lipinski definition) is 2. The van der Waals surface area contributed by atoms with Crippen molar-refractivity contribution in [3.05, 3.63) is 59.2 Å². The van der Waals surface area contributed by atoms with Crippen molar-refractivity contribution < 1.29 is 23.8 Å². The van der Waals surface area contributed by atoms with E-state index in [0.717, 1.165) is 5.56 Å². The van der Waals surface area contributed by atoms with E-state index in [1.807, 2.05) is 39.8 Å². The van der Waals surface area contributed by atoms with Crippen molar-refractivity contribution >= 4 is 11.8 Å². The Morgan fingerprint density at radius 3 is 1.97 bits per heavy atom. The molecule has 2 rings (SSSR count). The molecule has 7 heteroatoms. The summed E-state index contributed by atoms with van der Waals surface area (Å²) in [6, 6.07) is 11.8. The lowest BCUT2D eigenvalue weighted by molar-refractivity contribution is 0.0656. The van der Waals surface area contributed by atoms with E-state index < -0.39 is 11.8 Å². The van der Waals surface area contributed by atoms with Crippen LogP contribution < -0.4 is 20.3 Å². The van der Waals surface area contributed by atoms with Crippen LogP contribution in [0.4, 0.5) is 0 Å². The Hall–Kier alpha value is -3.06. The van der Waals surface area contributed by atoms with Crippen LogP contribution in [0.1, 0.15) is 54.0 Å². The van der Waals surface area contributed by atoms with Gasteiger partial charge in [-0.2, -0.15) is 0 Å². The third kappa shape index (κ3) is 6.80. The maximum atomic E-state index is 12.3. The van der Waals surface area contributed by atoms with Crippen LogP contribution >= 0.6 is 0 Å². The fraction of sp³-hybridized carbons (Fsp3) is 0.364. The van der Waals surface area contributed by atoms with Crippen molar-refractivity contribution in [2.45, 2.75) is 46.5 Å². The lowest BCUT2D eigenvalue weighted by Crippen LogP contribution is -2.41. The van der Waals surface area contributed by atoms with Crippen LogP contribution in [0.5, 0.6) is 11.5 Å². The quantitative estimate of drug-likeness (QED) is 0.663. The second-order valence-corrected chi connectivity index (χ2v) is 7.00. The van der Waals surface area contributed by atoms with Crippen LogP contribution in [0, 0.1) is 0 Å². The molecule has 0 aliphatic carbocycles. The largest absolute Gasteiger partial charge is 0.493 e. The standard InChI is InChI=1S/C22H28N2O5/c1-14(2)28-13-16-6-8-17(9-7-16)21(25)23-24-22(26)18-10-11-19(29-15(3)4)20(12-18)27-5/h6-12,14-15H,13H2,1-5H3,(H,23,25)(H,24,26). The Labute approximate surface area is 171 Å². The van der Waals surface area contributed by atoms with Crippen molar-refractivity contribution in [1.29, 1.82) is 0 Å². The van der Waals surface area contributed by atoms with Gasteiger partial charge in [0.05, 0.1) is 25.9 Å². The molecular weight excluding hydrogens is 372 g/mol. The topological polar surface area (TPSA) is 85.9 Å². The lowest BCUT2D eigenvalue weighted by Gasteiger charge is -2.14. The van der Waals surface area contributed by atoms with Gasteiger partial charge >= 0.3 is 0 Å². The number of ether oxygens (including phenoxy) is 3. The molecule has 0 heterocycles. The Bertz CT molecular complexity index is 832. The highest BCUT2D eigenvalue weighted by Crippen LogP contribution is 2.28. The second kappa shape index (κ2) is 10.5. The van der Waals surface area contributed by atoms with Crippen LogP contribution in [0.25, 0.3) is 0 Å². The first-order valence-corrected chi connectivity index (χ1v) is 9.46. The zero-order valence-electron chi connectivity index (χ0n) is 17.4. The SMILES string of the molecule is COc1cc(C(=O)NNC(=O)c2ccc(COC(C)C)cc2)ccc1OC(C)C. The van der Waals surface area contributed by atoms with Gasteiger partial charge in [0.15, 0.2) is 11.5 Å². The average molecular weight is 400 g/mol. The molecule has 0 saturated carbocycles. The van der Waals surface area contributed by atoms with E-state index in [1.54, 1.807) is 30.3 Å². The fourth-order valence-corrected chi connectivity index (χ4v) is 2.43. The number of nitrogens with one attached hydrogen (secondary N) is 2. The number of amides is 2. The van der Waals surface area contributed by atoms with Gasteiger partial charge in [0, 0.05) is 11.1 Å². The zero-order valence-corrected chi connectivity index (χ0v) is 17.4. The van der Waals surface area contributed by atoms with Crippen LogP contribution in [-0.4, -0.2) is 31.1 Å². The predicted molar refractivity (Wildman–Crippen MR) is 110 cm³/mol. The second-order valence-electron chi connectivity index (χ2n) is 7.00. The molecule has 0 aliphatic rings. The van der Waals surface area contributed by atoms with E-state index in [4.69, 9.17) is 14.2 Å². The lowest BCUT2D eigenvalue weighted by atomic mass is 10.1. The van der Waals surface area contributed by atoms with Gasteiger partial charge in [0.2, 0.25) is 0 Å². The summed E-state index contributed by atoms with van der Waals surface area (Å²) in [5.41, 5.74) is 6.54. The van der Waals surface area contributed by atoms with Gasteiger partial charge < -0.3 is 14.2 Å².